The second-order valence-electron chi connectivity index (χ2n) is 5.97. The van der Waals surface area contributed by atoms with E-state index in [1.54, 1.807) is 58.0 Å². The number of fused-ring (bicyclic) bond motifs is 1. The summed E-state index contributed by atoms with van der Waals surface area (Å²) in [5.74, 6) is 0.444. The molecule has 1 amide bonds. The molecule has 1 aliphatic heterocycles. The molecular weight excluding hydrogens is 375 g/mol. The molecule has 0 fully saturated rings. The third-order valence-corrected chi connectivity index (χ3v) is 4.82. The maximum Gasteiger partial charge on any atom is 0.350 e. The van der Waals surface area contributed by atoms with Crippen molar-refractivity contribution in [1.29, 1.82) is 0 Å². The lowest BCUT2D eigenvalue weighted by Gasteiger charge is -2.26. The standard InChI is InChI=1S/C18H14Cl2N4O2/c19-13-3-1-12(2-4-13)17(25)22-9-10-23-16(11-22)21-24(18(23)26)15-7-5-14(20)6-8-15/h1-8H,9-11H2. The van der Waals surface area contributed by atoms with Gasteiger partial charge in [0, 0.05) is 28.7 Å². The van der Waals surface area contributed by atoms with Crippen LogP contribution in [0.15, 0.2) is 53.3 Å². The van der Waals surface area contributed by atoms with Crippen molar-refractivity contribution in [2.75, 3.05) is 6.54 Å². The van der Waals surface area contributed by atoms with Crippen LogP contribution >= 0.6 is 23.2 Å². The van der Waals surface area contributed by atoms with Crippen molar-refractivity contribution >= 4 is 29.1 Å². The summed E-state index contributed by atoms with van der Waals surface area (Å²) in [5, 5.41) is 5.57. The molecule has 0 aliphatic carbocycles. The molecule has 1 aromatic heterocycles. The fourth-order valence-electron chi connectivity index (χ4n) is 2.95. The van der Waals surface area contributed by atoms with Crippen molar-refractivity contribution in [3.05, 3.63) is 80.4 Å². The highest BCUT2D eigenvalue weighted by atomic mass is 35.5. The monoisotopic (exact) mass is 388 g/mol. The summed E-state index contributed by atoms with van der Waals surface area (Å²) < 4.78 is 2.93. The van der Waals surface area contributed by atoms with Gasteiger partial charge in [-0.25, -0.2) is 4.79 Å². The minimum Gasteiger partial charge on any atom is -0.329 e. The number of amides is 1. The minimum atomic E-state index is -0.221. The van der Waals surface area contributed by atoms with E-state index >= 15 is 0 Å². The molecule has 132 valence electrons. The van der Waals surface area contributed by atoms with Crippen LogP contribution in [-0.2, 0) is 13.1 Å². The number of hydrogen-bond donors (Lipinski definition) is 0. The van der Waals surface area contributed by atoms with Gasteiger partial charge in [0.1, 0.15) is 0 Å². The van der Waals surface area contributed by atoms with Crippen LogP contribution in [0.1, 0.15) is 16.2 Å². The third-order valence-electron chi connectivity index (χ3n) is 4.31. The van der Waals surface area contributed by atoms with Gasteiger partial charge in [0.25, 0.3) is 5.91 Å². The van der Waals surface area contributed by atoms with Crippen molar-refractivity contribution in [1.82, 2.24) is 19.2 Å². The van der Waals surface area contributed by atoms with Crippen LogP contribution in [0.5, 0.6) is 0 Å². The highest BCUT2D eigenvalue weighted by molar-refractivity contribution is 6.30. The molecule has 3 aromatic rings. The van der Waals surface area contributed by atoms with Crippen LogP contribution in [0.4, 0.5) is 0 Å². The Hall–Kier alpha value is -2.57. The van der Waals surface area contributed by atoms with Crippen LogP contribution in [-0.4, -0.2) is 31.7 Å². The van der Waals surface area contributed by atoms with Gasteiger partial charge in [-0.2, -0.15) is 4.68 Å². The van der Waals surface area contributed by atoms with Gasteiger partial charge >= 0.3 is 5.69 Å². The third kappa shape index (κ3) is 3.02. The summed E-state index contributed by atoms with van der Waals surface area (Å²) in [6, 6.07) is 13.6. The number of rotatable bonds is 2. The van der Waals surface area contributed by atoms with Crippen LogP contribution in [0.25, 0.3) is 5.69 Å². The molecular formula is C18H14Cl2N4O2. The first-order chi connectivity index (χ1) is 12.5. The number of hydrogen-bond acceptors (Lipinski definition) is 3. The highest BCUT2D eigenvalue weighted by Gasteiger charge is 2.26. The minimum absolute atomic E-state index is 0.110. The Morgan fingerprint density at radius 1 is 0.923 bits per heavy atom. The van der Waals surface area contributed by atoms with Gasteiger partial charge in [-0.1, -0.05) is 23.2 Å². The number of nitrogens with zero attached hydrogens (tertiary/aromatic N) is 4. The molecule has 1 aliphatic rings. The van der Waals surface area contributed by atoms with E-state index in [0.717, 1.165) is 0 Å². The van der Waals surface area contributed by atoms with E-state index in [9.17, 15) is 9.59 Å². The van der Waals surface area contributed by atoms with Crippen molar-refractivity contribution in [2.45, 2.75) is 13.1 Å². The zero-order valence-corrected chi connectivity index (χ0v) is 15.1. The lowest BCUT2D eigenvalue weighted by atomic mass is 10.2. The fraction of sp³-hybridized carbons (Fsp3) is 0.167. The normalized spacial score (nSPS) is 13.5. The lowest BCUT2D eigenvalue weighted by molar-refractivity contribution is 0.0706. The van der Waals surface area contributed by atoms with E-state index in [-0.39, 0.29) is 18.1 Å². The van der Waals surface area contributed by atoms with E-state index in [2.05, 4.69) is 5.10 Å². The number of benzene rings is 2. The molecule has 0 bridgehead atoms. The van der Waals surface area contributed by atoms with Gasteiger partial charge in [0.2, 0.25) is 0 Å². The Balaban J connectivity index is 1.62. The maximum atomic E-state index is 12.7. The first-order valence-corrected chi connectivity index (χ1v) is 8.78. The SMILES string of the molecule is O=C(c1ccc(Cl)cc1)N1CCn2c(nn(-c3ccc(Cl)cc3)c2=O)C1. The van der Waals surface area contributed by atoms with Gasteiger partial charge < -0.3 is 4.90 Å². The lowest BCUT2D eigenvalue weighted by Crippen LogP contribution is -2.40. The van der Waals surface area contributed by atoms with Gasteiger partial charge in [-0.05, 0) is 48.5 Å². The number of halogens is 2. The van der Waals surface area contributed by atoms with Crippen LogP contribution in [0, 0.1) is 0 Å². The van der Waals surface area contributed by atoms with Gasteiger partial charge in [-0.3, -0.25) is 9.36 Å². The second-order valence-corrected chi connectivity index (χ2v) is 6.85. The predicted molar refractivity (Wildman–Crippen MR) is 99.0 cm³/mol. The summed E-state index contributed by atoms with van der Waals surface area (Å²) >= 11 is 11.8. The average molecular weight is 389 g/mol. The van der Waals surface area contributed by atoms with Gasteiger partial charge in [0.15, 0.2) is 5.82 Å². The zero-order chi connectivity index (χ0) is 18.3. The molecule has 0 saturated carbocycles. The molecule has 0 radical (unpaired) electrons. The molecule has 0 unspecified atom stereocenters. The molecule has 26 heavy (non-hydrogen) atoms. The molecule has 0 N–H and O–H groups in total. The topological polar surface area (TPSA) is 60.1 Å². The Morgan fingerprint density at radius 3 is 2.19 bits per heavy atom. The molecule has 8 heteroatoms. The first kappa shape index (κ1) is 16.9. The van der Waals surface area contributed by atoms with E-state index in [4.69, 9.17) is 23.2 Å². The Morgan fingerprint density at radius 2 is 1.54 bits per heavy atom. The van der Waals surface area contributed by atoms with Crippen molar-refractivity contribution in [2.24, 2.45) is 0 Å². The average Bonchev–Trinajstić information content (AvgIpc) is 2.98. The summed E-state index contributed by atoms with van der Waals surface area (Å²) in [4.78, 5) is 26.9. The molecule has 0 spiro atoms. The highest BCUT2D eigenvalue weighted by Crippen LogP contribution is 2.17. The summed E-state index contributed by atoms with van der Waals surface area (Å²) in [7, 11) is 0. The van der Waals surface area contributed by atoms with E-state index < -0.39 is 0 Å². The number of carbonyl (C=O) groups is 1. The van der Waals surface area contributed by atoms with Crippen molar-refractivity contribution in [3.8, 4) is 5.69 Å². The Labute approximate surface area is 159 Å². The van der Waals surface area contributed by atoms with Crippen molar-refractivity contribution < 1.29 is 4.79 Å². The second kappa shape index (κ2) is 6.63. The van der Waals surface area contributed by atoms with Gasteiger partial charge in [-0.15, -0.1) is 5.10 Å². The Bertz CT molecular complexity index is 1020. The molecule has 0 atom stereocenters. The van der Waals surface area contributed by atoms with E-state index in [1.807, 2.05) is 0 Å². The number of aromatic nitrogens is 3. The van der Waals surface area contributed by atoms with Crippen LogP contribution in [0.3, 0.4) is 0 Å². The largest absolute Gasteiger partial charge is 0.350 e. The Kier molecular flexibility index (Phi) is 4.30. The van der Waals surface area contributed by atoms with Gasteiger partial charge in [0.05, 0.1) is 12.2 Å². The molecule has 0 saturated heterocycles. The molecule has 6 nitrogen and oxygen atoms in total. The summed E-state index contributed by atoms with van der Waals surface area (Å²) in [6.07, 6.45) is 0. The smallest absolute Gasteiger partial charge is 0.329 e. The fourth-order valence-corrected chi connectivity index (χ4v) is 3.20. The summed E-state index contributed by atoms with van der Waals surface area (Å²) in [5.41, 5.74) is 0.972. The maximum absolute atomic E-state index is 12.7. The zero-order valence-electron chi connectivity index (χ0n) is 13.6. The first-order valence-electron chi connectivity index (χ1n) is 8.02. The number of carbonyl (C=O) groups excluding carboxylic acids is 1. The quantitative estimate of drug-likeness (QED) is 0.677. The van der Waals surface area contributed by atoms with E-state index in [1.165, 1.54) is 4.68 Å². The van der Waals surface area contributed by atoms with Crippen LogP contribution in [0.2, 0.25) is 10.0 Å². The van der Waals surface area contributed by atoms with E-state index in [0.29, 0.717) is 40.2 Å². The molecule has 2 aromatic carbocycles. The van der Waals surface area contributed by atoms with Crippen molar-refractivity contribution in [3.63, 3.8) is 0 Å². The predicted octanol–water partition coefficient (Wildman–Crippen LogP) is 3.00. The molecule has 4 rings (SSSR count). The summed E-state index contributed by atoms with van der Waals surface area (Å²) in [6.45, 7) is 1.12. The molecule has 2 heterocycles. The van der Waals surface area contributed by atoms with Crippen LogP contribution < -0.4 is 5.69 Å².